The molecule has 1 heterocycles. The van der Waals surface area contributed by atoms with E-state index in [0.29, 0.717) is 6.42 Å². The van der Waals surface area contributed by atoms with E-state index in [1.54, 1.807) is 0 Å². The fraction of sp³-hybridized carbons (Fsp3) is 0.875. The van der Waals surface area contributed by atoms with Gasteiger partial charge in [-0.05, 0) is 6.42 Å². The van der Waals surface area contributed by atoms with Crippen molar-refractivity contribution in [3.8, 4) is 0 Å². The van der Waals surface area contributed by atoms with E-state index in [0.717, 1.165) is 6.42 Å². The number of aliphatic hydroxyl groups is 2. The zero-order valence-electron chi connectivity index (χ0n) is 7.56. The summed E-state index contributed by atoms with van der Waals surface area (Å²) in [6.07, 6.45) is -0.955. The van der Waals surface area contributed by atoms with Crippen LogP contribution in [0.3, 0.4) is 0 Å². The summed E-state index contributed by atoms with van der Waals surface area (Å²) in [6.45, 7) is 2.04. The van der Waals surface area contributed by atoms with Crippen LogP contribution in [-0.2, 0) is 4.74 Å². The lowest BCUT2D eigenvalue weighted by molar-refractivity contribution is -0.00628. The molecule has 0 spiro atoms. The Hall–Kier alpha value is -0.810. The highest BCUT2D eigenvalue weighted by atomic mass is 16.6. The molecule has 1 aliphatic rings. The van der Waals surface area contributed by atoms with Crippen LogP contribution in [0, 0.1) is 0 Å². The zero-order chi connectivity index (χ0) is 9.84. The smallest absolute Gasteiger partial charge is 0.407 e. The Balaban J connectivity index is 2.38. The fourth-order valence-corrected chi connectivity index (χ4v) is 1.32. The third-order valence-electron chi connectivity index (χ3n) is 2.09. The summed E-state index contributed by atoms with van der Waals surface area (Å²) < 4.78 is 4.59. The van der Waals surface area contributed by atoms with Gasteiger partial charge < -0.3 is 20.3 Å². The molecule has 0 aliphatic carbocycles. The quantitative estimate of drug-likeness (QED) is 0.563. The van der Waals surface area contributed by atoms with Crippen LogP contribution < -0.4 is 5.32 Å². The molecule has 0 aromatic heterocycles. The van der Waals surface area contributed by atoms with Crippen LogP contribution in [-0.4, -0.2) is 41.2 Å². The Bertz CT molecular complexity index is 185. The summed E-state index contributed by atoms with van der Waals surface area (Å²) in [5.74, 6) is 0. The van der Waals surface area contributed by atoms with Gasteiger partial charge in [-0.3, -0.25) is 0 Å². The first-order valence-corrected chi connectivity index (χ1v) is 4.44. The summed E-state index contributed by atoms with van der Waals surface area (Å²) in [7, 11) is 0. The van der Waals surface area contributed by atoms with Crippen molar-refractivity contribution in [1.82, 2.24) is 5.32 Å². The van der Waals surface area contributed by atoms with Crippen molar-refractivity contribution in [2.75, 3.05) is 6.61 Å². The van der Waals surface area contributed by atoms with Crippen LogP contribution in [0.25, 0.3) is 0 Å². The lowest BCUT2D eigenvalue weighted by atomic mass is 10.0. The van der Waals surface area contributed by atoms with E-state index >= 15 is 0 Å². The molecule has 1 amide bonds. The number of rotatable bonds is 4. The van der Waals surface area contributed by atoms with Crippen LogP contribution in [0.5, 0.6) is 0 Å². The number of carbonyl (C=O) groups is 1. The van der Waals surface area contributed by atoms with Gasteiger partial charge in [0.15, 0.2) is 0 Å². The molecule has 5 heteroatoms. The van der Waals surface area contributed by atoms with Crippen molar-refractivity contribution in [2.45, 2.75) is 38.0 Å². The SMILES string of the molecule is CCC[C@@H](O)[C@@H](O)[C@@H]1COC(=O)N1. The van der Waals surface area contributed by atoms with Gasteiger partial charge in [-0.2, -0.15) is 0 Å². The summed E-state index contributed by atoms with van der Waals surface area (Å²) in [5.41, 5.74) is 0. The Morgan fingerprint density at radius 3 is 2.85 bits per heavy atom. The highest BCUT2D eigenvalue weighted by molar-refractivity contribution is 5.69. The maximum atomic E-state index is 10.6. The minimum atomic E-state index is -0.939. The second-order valence-electron chi connectivity index (χ2n) is 3.20. The van der Waals surface area contributed by atoms with Crippen LogP contribution in [0.2, 0.25) is 0 Å². The molecule has 76 valence electrons. The van der Waals surface area contributed by atoms with Gasteiger partial charge in [-0.15, -0.1) is 0 Å². The number of aliphatic hydroxyl groups excluding tert-OH is 2. The highest BCUT2D eigenvalue weighted by Crippen LogP contribution is 2.10. The molecule has 1 fully saturated rings. The minimum absolute atomic E-state index is 0.126. The first-order valence-electron chi connectivity index (χ1n) is 4.44. The van der Waals surface area contributed by atoms with E-state index in [1.165, 1.54) is 0 Å². The molecule has 0 saturated carbocycles. The number of nitrogens with one attached hydrogen (secondary N) is 1. The first kappa shape index (κ1) is 10.3. The topological polar surface area (TPSA) is 78.8 Å². The molecule has 0 bridgehead atoms. The number of hydrogen-bond acceptors (Lipinski definition) is 4. The van der Waals surface area contributed by atoms with E-state index in [4.69, 9.17) is 0 Å². The maximum Gasteiger partial charge on any atom is 0.407 e. The molecule has 0 aromatic rings. The van der Waals surface area contributed by atoms with Gasteiger partial charge in [-0.1, -0.05) is 13.3 Å². The molecule has 1 saturated heterocycles. The van der Waals surface area contributed by atoms with Crippen molar-refractivity contribution < 1.29 is 19.7 Å². The molecular weight excluding hydrogens is 174 g/mol. The predicted octanol–water partition coefficient (Wildman–Crippen LogP) is -0.383. The van der Waals surface area contributed by atoms with Crippen LogP contribution in [0.15, 0.2) is 0 Å². The Morgan fingerprint density at radius 2 is 2.38 bits per heavy atom. The molecule has 1 rings (SSSR count). The number of hydrogen-bond donors (Lipinski definition) is 3. The lowest BCUT2D eigenvalue weighted by Gasteiger charge is -2.21. The standard InChI is InChI=1S/C8H15NO4/c1-2-3-6(10)7(11)5-4-13-8(12)9-5/h5-7,10-11H,2-4H2,1H3,(H,9,12)/t5-,6+,7-/m0/s1. The molecule has 5 nitrogen and oxygen atoms in total. The van der Waals surface area contributed by atoms with E-state index < -0.39 is 24.3 Å². The monoisotopic (exact) mass is 189 g/mol. The van der Waals surface area contributed by atoms with Gasteiger partial charge >= 0.3 is 6.09 Å². The van der Waals surface area contributed by atoms with E-state index in [1.807, 2.05) is 6.92 Å². The number of cyclic esters (lactones) is 1. The molecule has 0 aromatic carbocycles. The first-order chi connectivity index (χ1) is 6.15. The van der Waals surface area contributed by atoms with E-state index in [-0.39, 0.29) is 6.61 Å². The van der Waals surface area contributed by atoms with Gasteiger partial charge in [0, 0.05) is 0 Å². The molecule has 3 N–H and O–H groups in total. The van der Waals surface area contributed by atoms with E-state index in [9.17, 15) is 15.0 Å². The summed E-state index contributed by atoms with van der Waals surface area (Å²) in [6, 6.07) is -0.478. The van der Waals surface area contributed by atoms with Crippen molar-refractivity contribution >= 4 is 6.09 Å². The summed E-state index contributed by atoms with van der Waals surface area (Å²) in [5, 5.41) is 21.4. The average Bonchev–Trinajstić information content (AvgIpc) is 2.51. The molecular formula is C8H15NO4. The molecule has 1 aliphatic heterocycles. The number of ether oxygens (including phenoxy) is 1. The molecule has 0 radical (unpaired) electrons. The van der Waals surface area contributed by atoms with Gasteiger partial charge in [0.2, 0.25) is 0 Å². The van der Waals surface area contributed by atoms with Crippen LogP contribution in [0.1, 0.15) is 19.8 Å². The largest absolute Gasteiger partial charge is 0.447 e. The third-order valence-corrected chi connectivity index (χ3v) is 2.09. The molecule has 13 heavy (non-hydrogen) atoms. The normalized spacial score (nSPS) is 26.4. The number of amides is 1. The molecule has 0 unspecified atom stereocenters. The summed E-state index contributed by atoms with van der Waals surface area (Å²) >= 11 is 0. The predicted molar refractivity (Wildman–Crippen MR) is 45.2 cm³/mol. The Morgan fingerprint density at radius 1 is 1.69 bits per heavy atom. The maximum absolute atomic E-state index is 10.6. The van der Waals surface area contributed by atoms with Gasteiger partial charge in [-0.25, -0.2) is 4.79 Å². The van der Waals surface area contributed by atoms with E-state index in [2.05, 4.69) is 10.1 Å². The van der Waals surface area contributed by atoms with Gasteiger partial charge in [0.25, 0.3) is 0 Å². The van der Waals surface area contributed by atoms with Crippen LogP contribution in [0.4, 0.5) is 4.79 Å². The van der Waals surface area contributed by atoms with Crippen molar-refractivity contribution in [1.29, 1.82) is 0 Å². The summed E-state index contributed by atoms with van der Waals surface area (Å²) in [4.78, 5) is 10.6. The van der Waals surface area contributed by atoms with Crippen LogP contribution >= 0.6 is 0 Å². The van der Waals surface area contributed by atoms with Crippen molar-refractivity contribution in [2.24, 2.45) is 0 Å². The Kier molecular flexibility index (Phi) is 3.50. The number of carbonyl (C=O) groups excluding carboxylic acids is 1. The van der Waals surface area contributed by atoms with Gasteiger partial charge in [0.05, 0.1) is 12.1 Å². The minimum Gasteiger partial charge on any atom is -0.447 e. The highest BCUT2D eigenvalue weighted by Gasteiger charge is 2.32. The Labute approximate surface area is 76.7 Å². The third kappa shape index (κ3) is 2.57. The molecule has 3 atom stereocenters. The second-order valence-corrected chi connectivity index (χ2v) is 3.20. The van der Waals surface area contributed by atoms with Gasteiger partial charge in [0.1, 0.15) is 12.7 Å². The zero-order valence-corrected chi connectivity index (χ0v) is 7.56. The average molecular weight is 189 g/mol. The second kappa shape index (κ2) is 4.43. The number of alkyl carbamates (subject to hydrolysis) is 1. The lowest BCUT2D eigenvalue weighted by Crippen LogP contribution is -2.45. The fourth-order valence-electron chi connectivity index (χ4n) is 1.32. The van der Waals surface area contributed by atoms with Crippen molar-refractivity contribution in [3.63, 3.8) is 0 Å². The van der Waals surface area contributed by atoms with Crippen molar-refractivity contribution in [3.05, 3.63) is 0 Å².